The molecule has 0 bridgehead atoms. The van der Waals surface area contributed by atoms with E-state index in [4.69, 9.17) is 9.84 Å². The lowest BCUT2D eigenvalue weighted by Crippen LogP contribution is -2.45. The van der Waals surface area contributed by atoms with E-state index < -0.39 is 18.0 Å². The Morgan fingerprint density at radius 3 is 2.49 bits per heavy atom. The van der Waals surface area contributed by atoms with Crippen LogP contribution < -0.4 is 15.4 Å². The Kier molecular flexibility index (Phi) is 8.06. The van der Waals surface area contributed by atoms with Crippen molar-refractivity contribution in [1.29, 1.82) is 0 Å². The minimum absolute atomic E-state index is 0.184. The predicted molar refractivity (Wildman–Crippen MR) is 139 cm³/mol. The molecule has 1 saturated heterocycles. The second kappa shape index (κ2) is 11.8. The number of hydrogen-bond donors (Lipinski definition) is 3. The highest BCUT2D eigenvalue weighted by molar-refractivity contribution is 5.94. The van der Waals surface area contributed by atoms with Gasteiger partial charge >= 0.3 is 12.0 Å². The van der Waals surface area contributed by atoms with Crippen molar-refractivity contribution in [2.45, 2.75) is 24.9 Å². The molecular weight excluding hydrogens is 470 g/mol. The summed E-state index contributed by atoms with van der Waals surface area (Å²) in [5.74, 6) is 5.51. The summed E-state index contributed by atoms with van der Waals surface area (Å²) in [4.78, 5) is 39.4. The van der Waals surface area contributed by atoms with Gasteiger partial charge in [0, 0.05) is 17.8 Å². The largest absolute Gasteiger partial charge is 0.497 e. The average molecular weight is 498 g/mol. The van der Waals surface area contributed by atoms with E-state index in [1.54, 1.807) is 60.5 Å². The molecule has 3 N–H and O–H groups in total. The van der Waals surface area contributed by atoms with Crippen LogP contribution in [0.1, 0.15) is 40.4 Å². The van der Waals surface area contributed by atoms with Gasteiger partial charge in [-0.2, -0.15) is 0 Å². The molecule has 0 spiro atoms. The Balaban J connectivity index is 1.56. The lowest BCUT2D eigenvalue weighted by atomic mass is 10.0. The molecule has 4 rings (SSSR count). The van der Waals surface area contributed by atoms with Gasteiger partial charge in [-0.05, 0) is 66.9 Å². The van der Waals surface area contributed by atoms with Crippen LogP contribution in [0.2, 0.25) is 0 Å². The predicted octanol–water partition coefficient (Wildman–Crippen LogP) is 4.30. The summed E-state index contributed by atoms with van der Waals surface area (Å²) in [7, 11) is 1.54. The molecule has 8 heteroatoms. The van der Waals surface area contributed by atoms with Gasteiger partial charge < -0.3 is 25.4 Å². The van der Waals surface area contributed by atoms with Gasteiger partial charge in [-0.15, -0.1) is 0 Å². The number of benzene rings is 3. The monoisotopic (exact) mass is 497 g/mol. The first-order valence-corrected chi connectivity index (χ1v) is 11.9. The van der Waals surface area contributed by atoms with Crippen molar-refractivity contribution in [1.82, 2.24) is 10.2 Å². The van der Waals surface area contributed by atoms with Crippen LogP contribution in [0.5, 0.6) is 5.75 Å². The third kappa shape index (κ3) is 6.47. The van der Waals surface area contributed by atoms with Crippen LogP contribution in [0.25, 0.3) is 0 Å². The van der Waals surface area contributed by atoms with E-state index >= 15 is 0 Å². The first kappa shape index (κ1) is 25.3. The molecule has 1 aliphatic rings. The number of nitrogens with one attached hydrogen (secondary N) is 2. The highest BCUT2D eigenvalue weighted by atomic mass is 16.5. The number of nitrogens with zero attached hydrogens (tertiary/aromatic N) is 1. The quantitative estimate of drug-likeness (QED) is 0.440. The Hall–Kier alpha value is -4.77. The molecule has 3 aromatic carbocycles. The highest BCUT2D eigenvalue weighted by Crippen LogP contribution is 2.26. The zero-order valence-electron chi connectivity index (χ0n) is 20.3. The van der Waals surface area contributed by atoms with E-state index in [0.29, 0.717) is 35.5 Å². The molecule has 3 amide bonds. The van der Waals surface area contributed by atoms with E-state index in [0.717, 1.165) is 6.42 Å². The lowest BCUT2D eigenvalue weighted by Gasteiger charge is -2.27. The number of para-hydroxylation sites is 1. The smallest absolute Gasteiger partial charge is 0.335 e. The Morgan fingerprint density at radius 2 is 1.78 bits per heavy atom. The fourth-order valence-corrected chi connectivity index (χ4v) is 4.14. The molecule has 2 atom stereocenters. The molecule has 1 aliphatic heterocycles. The van der Waals surface area contributed by atoms with E-state index in [1.807, 2.05) is 18.2 Å². The number of carbonyl (C=O) groups excluding carboxylic acids is 2. The summed E-state index contributed by atoms with van der Waals surface area (Å²) in [6.45, 7) is 0.512. The van der Waals surface area contributed by atoms with Gasteiger partial charge in [-0.25, -0.2) is 9.59 Å². The van der Waals surface area contributed by atoms with Crippen molar-refractivity contribution in [2.75, 3.05) is 19.0 Å². The van der Waals surface area contributed by atoms with Crippen molar-refractivity contribution in [3.8, 4) is 17.6 Å². The van der Waals surface area contributed by atoms with Crippen molar-refractivity contribution >= 4 is 23.6 Å². The van der Waals surface area contributed by atoms with Crippen molar-refractivity contribution < 1.29 is 24.2 Å². The number of methoxy groups -OCH3 is 1. The number of hydrogen-bond acceptors (Lipinski definition) is 4. The van der Waals surface area contributed by atoms with Crippen LogP contribution in [-0.2, 0) is 4.79 Å². The molecule has 37 heavy (non-hydrogen) atoms. The van der Waals surface area contributed by atoms with Gasteiger partial charge in [0.05, 0.1) is 18.7 Å². The number of likely N-dealkylation sites (tertiary alicyclic amines) is 1. The Morgan fingerprint density at radius 1 is 1.03 bits per heavy atom. The second-order valence-corrected chi connectivity index (χ2v) is 8.52. The summed E-state index contributed by atoms with van der Waals surface area (Å²) in [5.41, 5.74) is 2.05. The number of carbonyl (C=O) groups is 3. The maximum absolute atomic E-state index is 13.8. The standard InChI is InChI=1S/C29H27N3O5/c1-37-25-11-5-7-22(19-25)26(31-29(36)30-23-8-3-2-4-9-23)27(33)32-18-6-10-24(32)17-14-20-12-15-21(16-13-20)28(34)35/h2-5,7-9,11-13,15-16,19,24,26H,6,10,18H2,1H3,(H,34,35)(H2,30,31,36). The van der Waals surface area contributed by atoms with Crippen LogP contribution in [0.3, 0.4) is 0 Å². The topological polar surface area (TPSA) is 108 Å². The fourth-order valence-electron chi connectivity index (χ4n) is 4.14. The summed E-state index contributed by atoms with van der Waals surface area (Å²) < 4.78 is 5.33. The SMILES string of the molecule is COc1cccc(C(NC(=O)Nc2ccccc2)C(=O)N2CCCC2C#Cc2ccc(C(=O)O)cc2)c1. The molecule has 8 nitrogen and oxygen atoms in total. The van der Waals surface area contributed by atoms with Crippen molar-refractivity contribution in [3.05, 3.63) is 95.6 Å². The van der Waals surface area contributed by atoms with Crippen LogP contribution >= 0.6 is 0 Å². The van der Waals surface area contributed by atoms with Crippen LogP contribution in [0.4, 0.5) is 10.5 Å². The van der Waals surface area contributed by atoms with E-state index in [9.17, 15) is 14.4 Å². The number of carboxylic acid groups (broad SMARTS) is 1. The van der Waals surface area contributed by atoms with Crippen LogP contribution in [0, 0.1) is 11.8 Å². The molecule has 0 radical (unpaired) electrons. The van der Waals surface area contributed by atoms with Gasteiger partial charge in [-0.1, -0.05) is 42.2 Å². The summed E-state index contributed by atoms with van der Waals surface area (Å²) in [5, 5.41) is 14.7. The third-order valence-corrected chi connectivity index (χ3v) is 6.03. The van der Waals surface area contributed by atoms with E-state index in [2.05, 4.69) is 22.5 Å². The molecule has 1 fully saturated rings. The molecular formula is C29H27N3O5. The van der Waals surface area contributed by atoms with E-state index in [1.165, 1.54) is 12.1 Å². The zero-order valence-corrected chi connectivity index (χ0v) is 20.3. The minimum atomic E-state index is -1.00. The number of anilines is 1. The van der Waals surface area contributed by atoms with Gasteiger partial charge in [-0.3, -0.25) is 4.79 Å². The lowest BCUT2D eigenvalue weighted by molar-refractivity contribution is -0.133. The first-order chi connectivity index (χ1) is 17.9. The molecule has 188 valence electrons. The number of ether oxygens (including phenoxy) is 1. The van der Waals surface area contributed by atoms with Gasteiger partial charge in [0.25, 0.3) is 5.91 Å². The summed E-state index contributed by atoms with van der Waals surface area (Å²) >= 11 is 0. The zero-order chi connectivity index (χ0) is 26.2. The van der Waals surface area contributed by atoms with E-state index in [-0.39, 0.29) is 17.5 Å². The average Bonchev–Trinajstić information content (AvgIpc) is 3.39. The Labute approximate surface area is 215 Å². The number of rotatable bonds is 6. The van der Waals surface area contributed by atoms with Crippen molar-refractivity contribution in [2.24, 2.45) is 0 Å². The van der Waals surface area contributed by atoms with Gasteiger partial charge in [0.1, 0.15) is 11.8 Å². The molecule has 1 heterocycles. The number of amides is 3. The molecule has 3 aromatic rings. The maximum atomic E-state index is 13.8. The number of urea groups is 1. The maximum Gasteiger partial charge on any atom is 0.335 e. The fraction of sp³-hybridized carbons (Fsp3) is 0.207. The number of aromatic carboxylic acids is 1. The number of carboxylic acids is 1. The summed E-state index contributed by atoms with van der Waals surface area (Å²) in [6, 6.07) is 20.5. The normalized spacial score (nSPS) is 15.2. The molecule has 2 unspecified atom stereocenters. The van der Waals surface area contributed by atoms with Crippen LogP contribution in [0.15, 0.2) is 78.9 Å². The Bertz CT molecular complexity index is 1330. The van der Waals surface area contributed by atoms with Gasteiger partial charge in [0.2, 0.25) is 0 Å². The minimum Gasteiger partial charge on any atom is -0.497 e. The van der Waals surface area contributed by atoms with Crippen molar-refractivity contribution in [3.63, 3.8) is 0 Å². The summed E-state index contributed by atoms with van der Waals surface area (Å²) in [6.07, 6.45) is 1.48. The second-order valence-electron chi connectivity index (χ2n) is 8.52. The first-order valence-electron chi connectivity index (χ1n) is 11.9. The molecule has 0 aliphatic carbocycles. The molecule has 0 saturated carbocycles. The molecule has 0 aromatic heterocycles. The third-order valence-electron chi connectivity index (χ3n) is 6.03. The highest BCUT2D eigenvalue weighted by Gasteiger charge is 2.34. The van der Waals surface area contributed by atoms with Gasteiger partial charge in [0.15, 0.2) is 0 Å². The van der Waals surface area contributed by atoms with Crippen LogP contribution in [-0.4, -0.2) is 47.6 Å².